The van der Waals surface area contributed by atoms with Gasteiger partial charge in [-0.05, 0) is 31.7 Å². The van der Waals surface area contributed by atoms with Gasteiger partial charge < -0.3 is 5.73 Å². The highest BCUT2D eigenvalue weighted by Crippen LogP contribution is 2.37. The molecule has 0 radical (unpaired) electrons. The van der Waals surface area contributed by atoms with Crippen LogP contribution in [0.15, 0.2) is 0 Å². The van der Waals surface area contributed by atoms with Gasteiger partial charge in [0, 0.05) is 17.3 Å². The quantitative estimate of drug-likeness (QED) is 0.779. The van der Waals surface area contributed by atoms with Crippen LogP contribution in [-0.4, -0.2) is 41.1 Å². The molecule has 2 N–H and O–H groups in total. The van der Waals surface area contributed by atoms with E-state index in [0.717, 1.165) is 19.6 Å². The van der Waals surface area contributed by atoms with Crippen molar-refractivity contribution in [1.82, 2.24) is 4.90 Å². The summed E-state index contributed by atoms with van der Waals surface area (Å²) < 4.78 is 0. The lowest BCUT2D eigenvalue weighted by atomic mass is 9.87. The second-order valence-corrected chi connectivity index (χ2v) is 5.55. The Bertz CT molecular complexity index is 171. The van der Waals surface area contributed by atoms with Crippen LogP contribution in [0.5, 0.6) is 0 Å². The van der Waals surface area contributed by atoms with Crippen molar-refractivity contribution in [2.45, 2.75) is 44.4 Å². The molecule has 2 nitrogen and oxygen atoms in total. The normalized spacial score (nSPS) is 33.6. The average Bonchev–Trinajstić information content (AvgIpc) is 2.22. The third-order valence-corrected chi connectivity index (χ3v) is 5.09. The van der Waals surface area contributed by atoms with E-state index < -0.39 is 0 Å². The molecule has 0 bridgehead atoms. The van der Waals surface area contributed by atoms with Crippen molar-refractivity contribution in [1.29, 1.82) is 0 Å². The van der Waals surface area contributed by atoms with Crippen LogP contribution in [0.3, 0.4) is 0 Å². The van der Waals surface area contributed by atoms with Crippen LogP contribution in [0, 0.1) is 0 Å². The minimum Gasteiger partial charge on any atom is -0.329 e. The lowest BCUT2D eigenvalue weighted by molar-refractivity contribution is 0.0937. The fourth-order valence-corrected chi connectivity index (χ4v) is 4.00. The van der Waals surface area contributed by atoms with Gasteiger partial charge in [-0.3, -0.25) is 4.90 Å². The van der Waals surface area contributed by atoms with Gasteiger partial charge in [0.05, 0.1) is 0 Å². The Morgan fingerprint density at radius 1 is 1.43 bits per heavy atom. The largest absolute Gasteiger partial charge is 0.329 e. The summed E-state index contributed by atoms with van der Waals surface area (Å²) in [4.78, 5) is 2.56. The van der Waals surface area contributed by atoms with E-state index in [1.54, 1.807) is 0 Å². The molecule has 1 fully saturated rings. The highest BCUT2D eigenvalue weighted by molar-refractivity contribution is 8.00. The van der Waals surface area contributed by atoms with Gasteiger partial charge >= 0.3 is 0 Å². The smallest absolute Gasteiger partial charge is 0.0447 e. The molecule has 0 aliphatic carbocycles. The molecule has 0 spiro atoms. The Morgan fingerprint density at radius 3 is 2.50 bits per heavy atom. The van der Waals surface area contributed by atoms with Crippen LogP contribution in [0.1, 0.15) is 33.6 Å². The predicted molar refractivity (Wildman–Crippen MR) is 65.9 cm³/mol. The minimum absolute atomic E-state index is 0.270. The standard InChI is InChI=1S/C11H24N2S/c1-4-13(5-2)11(9-12)7-6-8-14-10(11)3/h10H,4-9,12H2,1-3H3. The van der Waals surface area contributed by atoms with Gasteiger partial charge in [0.1, 0.15) is 0 Å². The number of nitrogens with two attached hydrogens (primary N) is 1. The first-order valence-electron chi connectivity index (χ1n) is 5.78. The van der Waals surface area contributed by atoms with Crippen LogP contribution >= 0.6 is 11.8 Å². The molecule has 3 heteroatoms. The van der Waals surface area contributed by atoms with Crippen molar-refractivity contribution in [3.8, 4) is 0 Å². The fourth-order valence-electron chi connectivity index (χ4n) is 2.66. The van der Waals surface area contributed by atoms with E-state index in [2.05, 4.69) is 37.4 Å². The lowest BCUT2D eigenvalue weighted by Gasteiger charge is -2.49. The zero-order valence-electron chi connectivity index (χ0n) is 9.75. The van der Waals surface area contributed by atoms with E-state index in [1.165, 1.54) is 18.6 Å². The third-order valence-electron chi connectivity index (χ3n) is 3.63. The van der Waals surface area contributed by atoms with Crippen molar-refractivity contribution in [3.63, 3.8) is 0 Å². The maximum atomic E-state index is 6.03. The first-order valence-corrected chi connectivity index (χ1v) is 6.82. The molecule has 1 aliphatic heterocycles. The summed E-state index contributed by atoms with van der Waals surface area (Å²) in [6.45, 7) is 9.88. The highest BCUT2D eigenvalue weighted by Gasteiger charge is 2.41. The number of likely N-dealkylation sites (N-methyl/N-ethyl adjacent to an activating group) is 1. The summed E-state index contributed by atoms with van der Waals surface area (Å²) in [6, 6.07) is 0. The fraction of sp³-hybridized carbons (Fsp3) is 1.00. The predicted octanol–water partition coefficient (Wildman–Crippen LogP) is 1.94. The maximum Gasteiger partial charge on any atom is 0.0447 e. The van der Waals surface area contributed by atoms with Gasteiger partial charge in [-0.15, -0.1) is 0 Å². The second-order valence-electron chi connectivity index (χ2n) is 4.10. The molecular weight excluding hydrogens is 192 g/mol. The van der Waals surface area contributed by atoms with E-state index in [9.17, 15) is 0 Å². The van der Waals surface area contributed by atoms with Crippen molar-refractivity contribution < 1.29 is 0 Å². The van der Waals surface area contributed by atoms with E-state index >= 15 is 0 Å². The first kappa shape index (κ1) is 12.3. The summed E-state index contributed by atoms with van der Waals surface area (Å²) in [5.74, 6) is 1.31. The molecule has 0 aromatic rings. The van der Waals surface area contributed by atoms with Gasteiger partial charge in [-0.25, -0.2) is 0 Å². The highest BCUT2D eigenvalue weighted by atomic mass is 32.2. The number of thioether (sulfide) groups is 1. The summed E-state index contributed by atoms with van der Waals surface area (Å²) >= 11 is 2.09. The van der Waals surface area contributed by atoms with Crippen LogP contribution in [-0.2, 0) is 0 Å². The van der Waals surface area contributed by atoms with Gasteiger partial charge in [0.2, 0.25) is 0 Å². The zero-order chi connectivity index (χ0) is 10.6. The Kier molecular flexibility index (Phi) is 4.74. The van der Waals surface area contributed by atoms with Crippen LogP contribution in [0.4, 0.5) is 0 Å². The molecule has 0 aromatic carbocycles. The Balaban J connectivity index is 2.80. The number of nitrogens with zero attached hydrogens (tertiary/aromatic N) is 1. The molecule has 2 unspecified atom stereocenters. The Hall–Kier alpha value is 0.270. The van der Waals surface area contributed by atoms with Crippen LogP contribution in [0.2, 0.25) is 0 Å². The van der Waals surface area contributed by atoms with Crippen molar-refractivity contribution >= 4 is 11.8 Å². The average molecular weight is 216 g/mol. The summed E-state index contributed by atoms with van der Waals surface area (Å²) in [5, 5.41) is 0.682. The monoisotopic (exact) mass is 216 g/mol. The van der Waals surface area contributed by atoms with E-state index in [4.69, 9.17) is 5.73 Å². The van der Waals surface area contributed by atoms with E-state index in [0.29, 0.717) is 5.25 Å². The third kappa shape index (κ3) is 2.10. The molecule has 1 heterocycles. The Morgan fingerprint density at radius 2 is 2.07 bits per heavy atom. The van der Waals surface area contributed by atoms with Gasteiger partial charge in [-0.1, -0.05) is 20.8 Å². The number of hydrogen-bond donors (Lipinski definition) is 1. The minimum atomic E-state index is 0.270. The molecule has 0 saturated carbocycles. The molecule has 1 aliphatic rings. The molecule has 0 amide bonds. The molecule has 84 valence electrons. The molecular formula is C11H24N2S. The Labute approximate surface area is 92.6 Å². The van der Waals surface area contributed by atoms with Gasteiger partial charge in [0.15, 0.2) is 0 Å². The molecule has 14 heavy (non-hydrogen) atoms. The van der Waals surface area contributed by atoms with E-state index in [1.807, 2.05) is 0 Å². The molecule has 2 atom stereocenters. The van der Waals surface area contributed by atoms with Gasteiger partial charge in [-0.2, -0.15) is 11.8 Å². The van der Waals surface area contributed by atoms with Gasteiger partial charge in [0.25, 0.3) is 0 Å². The lowest BCUT2D eigenvalue weighted by Crippen LogP contribution is -2.60. The SMILES string of the molecule is CCN(CC)C1(CN)CCCSC1C. The first-order chi connectivity index (χ1) is 6.71. The summed E-state index contributed by atoms with van der Waals surface area (Å²) in [7, 11) is 0. The number of hydrogen-bond acceptors (Lipinski definition) is 3. The van der Waals surface area contributed by atoms with Crippen molar-refractivity contribution in [2.75, 3.05) is 25.4 Å². The summed E-state index contributed by atoms with van der Waals surface area (Å²) in [6.07, 6.45) is 2.60. The zero-order valence-corrected chi connectivity index (χ0v) is 10.6. The number of rotatable bonds is 4. The van der Waals surface area contributed by atoms with Crippen molar-refractivity contribution in [3.05, 3.63) is 0 Å². The van der Waals surface area contributed by atoms with Crippen LogP contribution < -0.4 is 5.73 Å². The second kappa shape index (κ2) is 5.38. The summed E-state index contributed by atoms with van der Waals surface area (Å²) in [5.41, 5.74) is 6.30. The molecule has 1 saturated heterocycles. The topological polar surface area (TPSA) is 29.3 Å². The van der Waals surface area contributed by atoms with Crippen LogP contribution in [0.25, 0.3) is 0 Å². The molecule has 0 aromatic heterocycles. The maximum absolute atomic E-state index is 6.03. The van der Waals surface area contributed by atoms with Crippen molar-refractivity contribution in [2.24, 2.45) is 5.73 Å². The molecule has 1 rings (SSSR count). The van der Waals surface area contributed by atoms with E-state index in [-0.39, 0.29) is 5.54 Å².